The predicted octanol–water partition coefficient (Wildman–Crippen LogP) is 3.14. The number of aromatic amines is 1. The van der Waals surface area contributed by atoms with Crippen molar-refractivity contribution >= 4 is 16.7 Å². The molecule has 0 bridgehead atoms. The monoisotopic (exact) mass is 256 g/mol. The van der Waals surface area contributed by atoms with Crippen molar-refractivity contribution in [3.8, 4) is 0 Å². The van der Waals surface area contributed by atoms with Gasteiger partial charge >= 0.3 is 0 Å². The minimum absolute atomic E-state index is 0.235. The number of nitrogens with one attached hydrogen (secondary N) is 1. The van der Waals surface area contributed by atoms with Crippen LogP contribution in [-0.2, 0) is 0 Å². The number of rotatable bonds is 3. The Morgan fingerprint density at radius 2 is 2.05 bits per heavy atom. The molecule has 3 heteroatoms. The van der Waals surface area contributed by atoms with Gasteiger partial charge in [-0.1, -0.05) is 18.1 Å². The molecule has 0 radical (unpaired) electrons. The molecule has 1 aliphatic rings. The summed E-state index contributed by atoms with van der Waals surface area (Å²) in [6.45, 7) is 4.74. The molecule has 100 valence electrons. The number of hydrogen-bond acceptors (Lipinski definition) is 2. The van der Waals surface area contributed by atoms with E-state index in [-0.39, 0.29) is 5.78 Å². The van der Waals surface area contributed by atoms with Gasteiger partial charge < -0.3 is 4.98 Å². The fourth-order valence-electron chi connectivity index (χ4n) is 2.87. The molecule has 1 saturated heterocycles. The first-order valence-electron chi connectivity index (χ1n) is 7.07. The van der Waals surface area contributed by atoms with Crippen LogP contribution >= 0.6 is 0 Å². The molecule has 1 fully saturated rings. The van der Waals surface area contributed by atoms with Crippen LogP contribution < -0.4 is 0 Å². The van der Waals surface area contributed by atoms with Gasteiger partial charge in [0, 0.05) is 22.7 Å². The second-order valence-corrected chi connectivity index (χ2v) is 5.51. The minimum Gasteiger partial charge on any atom is -0.360 e. The maximum atomic E-state index is 12.4. The summed E-state index contributed by atoms with van der Waals surface area (Å²) in [6.07, 6.45) is 5.61. The highest BCUT2D eigenvalue weighted by atomic mass is 16.1. The highest BCUT2D eigenvalue weighted by Gasteiger charge is 2.17. The molecule has 0 aliphatic carbocycles. The molecule has 3 nitrogen and oxygen atoms in total. The Balaban J connectivity index is 1.82. The Labute approximate surface area is 113 Å². The summed E-state index contributed by atoms with van der Waals surface area (Å²) >= 11 is 0. The summed E-state index contributed by atoms with van der Waals surface area (Å²) in [4.78, 5) is 17.9. The largest absolute Gasteiger partial charge is 0.360 e. The molecule has 19 heavy (non-hydrogen) atoms. The third kappa shape index (κ3) is 2.56. The van der Waals surface area contributed by atoms with E-state index in [0.29, 0.717) is 6.54 Å². The van der Waals surface area contributed by atoms with Gasteiger partial charge in [0.15, 0.2) is 5.78 Å². The van der Waals surface area contributed by atoms with E-state index >= 15 is 0 Å². The van der Waals surface area contributed by atoms with Crippen LogP contribution in [0.2, 0.25) is 0 Å². The zero-order valence-corrected chi connectivity index (χ0v) is 11.4. The van der Waals surface area contributed by atoms with Gasteiger partial charge in [0.25, 0.3) is 0 Å². The minimum atomic E-state index is 0.235. The lowest BCUT2D eigenvalue weighted by Gasteiger charge is -2.25. The van der Waals surface area contributed by atoms with Gasteiger partial charge in [-0.25, -0.2) is 0 Å². The van der Waals surface area contributed by atoms with E-state index in [0.717, 1.165) is 29.6 Å². The Morgan fingerprint density at radius 1 is 1.26 bits per heavy atom. The quantitative estimate of drug-likeness (QED) is 0.856. The van der Waals surface area contributed by atoms with Crippen LogP contribution in [0.25, 0.3) is 10.9 Å². The summed E-state index contributed by atoms with van der Waals surface area (Å²) in [6, 6.07) is 6.20. The van der Waals surface area contributed by atoms with Gasteiger partial charge in [0.05, 0.1) is 6.54 Å². The number of likely N-dealkylation sites (tertiary alicyclic amines) is 1. The van der Waals surface area contributed by atoms with Crippen molar-refractivity contribution in [2.45, 2.75) is 26.2 Å². The SMILES string of the molecule is Cc1ccc2[nH]cc(C(=O)CN3CCCCC3)c2c1. The van der Waals surface area contributed by atoms with Gasteiger partial charge in [-0.2, -0.15) is 0 Å². The molecule has 0 unspecified atom stereocenters. The smallest absolute Gasteiger partial charge is 0.178 e. The normalized spacial score (nSPS) is 16.9. The number of carbonyl (C=O) groups is 1. The molecule has 0 saturated carbocycles. The van der Waals surface area contributed by atoms with E-state index < -0.39 is 0 Å². The molecule has 1 aliphatic heterocycles. The van der Waals surface area contributed by atoms with Crippen molar-refractivity contribution in [2.75, 3.05) is 19.6 Å². The van der Waals surface area contributed by atoms with Crippen molar-refractivity contribution in [3.05, 3.63) is 35.5 Å². The molecule has 1 aromatic carbocycles. The van der Waals surface area contributed by atoms with Crippen LogP contribution in [0.3, 0.4) is 0 Å². The van der Waals surface area contributed by atoms with E-state index in [9.17, 15) is 4.79 Å². The number of benzene rings is 1. The number of H-pyrrole nitrogens is 1. The van der Waals surface area contributed by atoms with E-state index in [1.165, 1.54) is 24.8 Å². The van der Waals surface area contributed by atoms with Gasteiger partial charge in [-0.15, -0.1) is 0 Å². The summed E-state index contributed by atoms with van der Waals surface area (Å²) in [7, 11) is 0. The lowest BCUT2D eigenvalue weighted by atomic mass is 10.1. The van der Waals surface area contributed by atoms with Crippen molar-refractivity contribution < 1.29 is 4.79 Å². The molecular formula is C16H20N2O. The van der Waals surface area contributed by atoms with Crippen LogP contribution in [0.1, 0.15) is 35.2 Å². The predicted molar refractivity (Wildman–Crippen MR) is 77.7 cm³/mol. The number of nitrogens with zero attached hydrogens (tertiary/aromatic N) is 1. The Kier molecular flexibility index (Phi) is 3.38. The number of piperidine rings is 1. The first-order chi connectivity index (χ1) is 9.24. The molecule has 2 aromatic rings. The average Bonchev–Trinajstić information content (AvgIpc) is 2.82. The summed E-state index contributed by atoms with van der Waals surface area (Å²) in [5.74, 6) is 0.235. The summed E-state index contributed by atoms with van der Waals surface area (Å²) < 4.78 is 0. The van der Waals surface area contributed by atoms with Crippen molar-refractivity contribution in [1.82, 2.24) is 9.88 Å². The number of hydrogen-bond donors (Lipinski definition) is 1. The van der Waals surface area contributed by atoms with Crippen molar-refractivity contribution in [1.29, 1.82) is 0 Å². The first kappa shape index (κ1) is 12.4. The highest BCUT2D eigenvalue weighted by molar-refractivity contribution is 6.08. The number of aryl methyl sites for hydroxylation is 1. The Morgan fingerprint density at radius 3 is 2.84 bits per heavy atom. The summed E-state index contributed by atoms with van der Waals surface area (Å²) in [5.41, 5.74) is 3.08. The standard InChI is InChI=1S/C16H20N2O/c1-12-5-6-15-13(9-12)14(10-17-15)16(19)11-18-7-3-2-4-8-18/h5-6,9-10,17H,2-4,7-8,11H2,1H3. The zero-order chi connectivity index (χ0) is 13.2. The van der Waals surface area contributed by atoms with E-state index in [1.807, 2.05) is 12.3 Å². The second kappa shape index (κ2) is 5.17. The fourth-order valence-corrected chi connectivity index (χ4v) is 2.87. The fraction of sp³-hybridized carbons (Fsp3) is 0.438. The van der Waals surface area contributed by atoms with E-state index in [4.69, 9.17) is 0 Å². The lowest BCUT2D eigenvalue weighted by Crippen LogP contribution is -2.34. The number of aromatic nitrogens is 1. The molecule has 1 aromatic heterocycles. The van der Waals surface area contributed by atoms with Crippen molar-refractivity contribution in [2.24, 2.45) is 0 Å². The molecule has 0 atom stereocenters. The van der Waals surface area contributed by atoms with Crippen LogP contribution in [0.5, 0.6) is 0 Å². The molecule has 3 rings (SSSR count). The lowest BCUT2D eigenvalue weighted by molar-refractivity contribution is 0.0917. The maximum absolute atomic E-state index is 12.4. The molecular weight excluding hydrogens is 236 g/mol. The van der Waals surface area contributed by atoms with Crippen LogP contribution in [0.4, 0.5) is 0 Å². The molecule has 0 spiro atoms. The van der Waals surface area contributed by atoms with E-state index in [1.54, 1.807) is 0 Å². The van der Waals surface area contributed by atoms with Gasteiger partial charge in [-0.05, 0) is 45.0 Å². The van der Waals surface area contributed by atoms with Crippen molar-refractivity contribution in [3.63, 3.8) is 0 Å². The number of ketones is 1. The topological polar surface area (TPSA) is 36.1 Å². The number of fused-ring (bicyclic) bond motifs is 1. The van der Waals surface area contributed by atoms with Crippen LogP contribution in [-0.4, -0.2) is 35.3 Å². The number of carbonyl (C=O) groups excluding carboxylic acids is 1. The van der Waals surface area contributed by atoms with Crippen LogP contribution in [0.15, 0.2) is 24.4 Å². The Hall–Kier alpha value is -1.61. The van der Waals surface area contributed by atoms with Crippen LogP contribution in [0, 0.1) is 6.92 Å². The molecule has 2 heterocycles. The zero-order valence-electron chi connectivity index (χ0n) is 11.4. The first-order valence-corrected chi connectivity index (χ1v) is 7.07. The van der Waals surface area contributed by atoms with Gasteiger partial charge in [-0.3, -0.25) is 9.69 Å². The summed E-state index contributed by atoms with van der Waals surface area (Å²) in [5, 5.41) is 1.06. The third-order valence-corrected chi connectivity index (χ3v) is 3.95. The third-order valence-electron chi connectivity index (χ3n) is 3.95. The van der Waals surface area contributed by atoms with Gasteiger partial charge in [0.1, 0.15) is 0 Å². The van der Waals surface area contributed by atoms with Gasteiger partial charge in [0.2, 0.25) is 0 Å². The molecule has 1 N–H and O–H groups in total. The average molecular weight is 256 g/mol. The maximum Gasteiger partial charge on any atom is 0.178 e. The highest BCUT2D eigenvalue weighted by Crippen LogP contribution is 2.21. The number of Topliss-reactive ketones (excluding diaryl/α,β-unsaturated/α-hetero) is 1. The second-order valence-electron chi connectivity index (χ2n) is 5.51. The molecule has 0 amide bonds. The Bertz CT molecular complexity index is 594. The van der Waals surface area contributed by atoms with E-state index in [2.05, 4.69) is 28.9 Å².